The molecule has 1 saturated heterocycles. The average Bonchev–Trinajstić information content (AvgIpc) is 3.09. The van der Waals surface area contributed by atoms with Gasteiger partial charge in [-0.3, -0.25) is 14.5 Å². The number of amides is 1. The fourth-order valence-electron chi connectivity index (χ4n) is 4.08. The van der Waals surface area contributed by atoms with Crippen LogP contribution >= 0.6 is 0 Å². The number of hydrogen-bond acceptors (Lipinski definition) is 4. The van der Waals surface area contributed by atoms with Crippen LogP contribution in [0.1, 0.15) is 35.2 Å². The Balaban J connectivity index is 1.92. The van der Waals surface area contributed by atoms with Crippen molar-refractivity contribution in [2.45, 2.75) is 26.3 Å². The van der Waals surface area contributed by atoms with Gasteiger partial charge in [0.2, 0.25) is 0 Å². The zero-order chi connectivity index (χ0) is 22.8. The van der Waals surface area contributed by atoms with Crippen LogP contribution in [0.15, 0.2) is 78.4 Å². The molecule has 1 amide bonds. The minimum Gasteiger partial charge on any atom is -0.507 e. The predicted octanol–water partition coefficient (Wildman–Crippen LogP) is 5.19. The van der Waals surface area contributed by atoms with Crippen molar-refractivity contribution in [1.29, 1.82) is 0 Å². The molecule has 0 aliphatic carbocycles. The number of anilines is 1. The normalized spacial score (nSPS) is 17.6. The lowest BCUT2D eigenvalue weighted by Crippen LogP contribution is -2.29. The van der Waals surface area contributed by atoms with Crippen LogP contribution in [-0.2, 0) is 16.0 Å². The Morgan fingerprint density at radius 1 is 0.969 bits per heavy atom. The molecule has 1 aliphatic rings. The number of ketones is 1. The number of carbonyl (C=O) groups excluding carboxylic acids is 2. The molecule has 3 aromatic rings. The minimum absolute atomic E-state index is 0.0874. The van der Waals surface area contributed by atoms with E-state index in [0.717, 1.165) is 23.1 Å². The molecule has 1 atom stereocenters. The third kappa shape index (κ3) is 3.66. The van der Waals surface area contributed by atoms with E-state index in [4.69, 9.17) is 4.74 Å². The summed E-state index contributed by atoms with van der Waals surface area (Å²) in [6.07, 6.45) is 0.867. The maximum atomic E-state index is 13.2. The van der Waals surface area contributed by atoms with Crippen molar-refractivity contribution in [1.82, 2.24) is 0 Å². The molecule has 1 heterocycles. The topological polar surface area (TPSA) is 66.8 Å². The third-order valence-electron chi connectivity index (χ3n) is 5.91. The number of ether oxygens (including phenoxy) is 1. The maximum Gasteiger partial charge on any atom is 0.300 e. The van der Waals surface area contributed by atoms with Crippen molar-refractivity contribution >= 4 is 23.1 Å². The van der Waals surface area contributed by atoms with E-state index < -0.39 is 17.7 Å². The zero-order valence-electron chi connectivity index (χ0n) is 18.3. The van der Waals surface area contributed by atoms with Crippen LogP contribution in [0.5, 0.6) is 5.75 Å². The second-order valence-electron chi connectivity index (χ2n) is 7.77. The molecule has 0 radical (unpaired) electrons. The number of nitrogens with zero attached hydrogens (tertiary/aromatic N) is 1. The quantitative estimate of drug-likeness (QED) is 0.346. The first kappa shape index (κ1) is 21.4. The van der Waals surface area contributed by atoms with Gasteiger partial charge in [0.1, 0.15) is 11.5 Å². The lowest BCUT2D eigenvalue weighted by molar-refractivity contribution is -0.132. The number of methoxy groups -OCH3 is 1. The Bertz CT molecular complexity index is 1190. The minimum atomic E-state index is -0.740. The summed E-state index contributed by atoms with van der Waals surface area (Å²) in [5, 5.41) is 11.2. The van der Waals surface area contributed by atoms with Gasteiger partial charge in [0.05, 0.1) is 18.7 Å². The Morgan fingerprint density at radius 2 is 1.62 bits per heavy atom. The summed E-state index contributed by atoms with van der Waals surface area (Å²) in [6.45, 7) is 3.98. The monoisotopic (exact) mass is 427 g/mol. The molecule has 0 aromatic heterocycles. The van der Waals surface area contributed by atoms with E-state index in [1.807, 2.05) is 50.2 Å². The summed E-state index contributed by atoms with van der Waals surface area (Å²) in [5.41, 5.74) is 3.98. The SMILES string of the molecule is CCc1ccc(/C(O)=C2/C(=O)C(=O)N(c3ccc(OC)cc3)C2c2ccccc2C)cc1. The Kier molecular flexibility index (Phi) is 5.82. The number of benzene rings is 3. The van der Waals surface area contributed by atoms with Gasteiger partial charge in [-0.25, -0.2) is 0 Å². The Hall–Kier alpha value is -3.86. The van der Waals surface area contributed by atoms with Crippen LogP contribution in [0, 0.1) is 6.92 Å². The van der Waals surface area contributed by atoms with E-state index in [-0.39, 0.29) is 11.3 Å². The number of aliphatic hydroxyl groups is 1. The van der Waals surface area contributed by atoms with Crippen molar-refractivity contribution < 1.29 is 19.4 Å². The van der Waals surface area contributed by atoms with Crippen LogP contribution in [0.25, 0.3) is 5.76 Å². The molecule has 32 heavy (non-hydrogen) atoms. The van der Waals surface area contributed by atoms with Gasteiger partial charge < -0.3 is 9.84 Å². The molecule has 162 valence electrons. The summed E-state index contributed by atoms with van der Waals surface area (Å²) in [7, 11) is 1.57. The number of hydrogen-bond donors (Lipinski definition) is 1. The van der Waals surface area contributed by atoms with Crippen molar-refractivity contribution in [3.63, 3.8) is 0 Å². The first-order valence-corrected chi connectivity index (χ1v) is 10.6. The van der Waals surface area contributed by atoms with Gasteiger partial charge >= 0.3 is 0 Å². The number of rotatable bonds is 5. The summed E-state index contributed by atoms with van der Waals surface area (Å²) in [6, 6.07) is 21.2. The maximum absolute atomic E-state index is 13.2. The van der Waals surface area contributed by atoms with Gasteiger partial charge in [0, 0.05) is 11.3 Å². The van der Waals surface area contributed by atoms with Crippen molar-refractivity contribution in [3.8, 4) is 5.75 Å². The van der Waals surface area contributed by atoms with E-state index in [9.17, 15) is 14.7 Å². The fraction of sp³-hybridized carbons (Fsp3) is 0.185. The molecule has 1 N–H and O–H groups in total. The van der Waals surface area contributed by atoms with Crippen LogP contribution < -0.4 is 9.64 Å². The first-order chi connectivity index (χ1) is 15.5. The molecule has 5 nitrogen and oxygen atoms in total. The predicted molar refractivity (Wildman–Crippen MR) is 125 cm³/mol. The molecule has 0 saturated carbocycles. The van der Waals surface area contributed by atoms with Crippen molar-refractivity contribution in [2.75, 3.05) is 12.0 Å². The van der Waals surface area contributed by atoms with E-state index in [1.54, 1.807) is 43.5 Å². The second kappa shape index (κ2) is 8.71. The molecular weight excluding hydrogens is 402 g/mol. The average molecular weight is 428 g/mol. The van der Waals surface area contributed by atoms with E-state index in [1.165, 1.54) is 4.90 Å². The van der Waals surface area contributed by atoms with Gasteiger partial charge in [-0.15, -0.1) is 0 Å². The lowest BCUT2D eigenvalue weighted by atomic mass is 9.92. The van der Waals surface area contributed by atoms with Crippen LogP contribution in [0.3, 0.4) is 0 Å². The highest BCUT2D eigenvalue weighted by atomic mass is 16.5. The lowest BCUT2D eigenvalue weighted by Gasteiger charge is -2.26. The smallest absolute Gasteiger partial charge is 0.300 e. The van der Waals surface area contributed by atoms with E-state index in [2.05, 4.69) is 0 Å². The third-order valence-corrected chi connectivity index (χ3v) is 5.91. The van der Waals surface area contributed by atoms with Gasteiger partial charge in [0.25, 0.3) is 11.7 Å². The molecular formula is C27H25NO4. The molecule has 0 bridgehead atoms. The Morgan fingerprint density at radius 3 is 2.22 bits per heavy atom. The molecule has 3 aromatic carbocycles. The highest BCUT2D eigenvalue weighted by Gasteiger charge is 2.47. The first-order valence-electron chi connectivity index (χ1n) is 10.6. The highest BCUT2D eigenvalue weighted by Crippen LogP contribution is 2.43. The van der Waals surface area contributed by atoms with Gasteiger partial charge in [-0.1, -0.05) is 55.5 Å². The molecule has 1 fully saturated rings. The number of carbonyl (C=O) groups is 2. The van der Waals surface area contributed by atoms with Gasteiger partial charge in [-0.05, 0) is 54.3 Å². The van der Waals surface area contributed by atoms with Crippen LogP contribution in [0.2, 0.25) is 0 Å². The van der Waals surface area contributed by atoms with Crippen LogP contribution in [0.4, 0.5) is 5.69 Å². The number of Topliss-reactive ketones (excluding diaryl/α,β-unsaturated/α-hetero) is 1. The molecule has 5 heteroatoms. The summed E-state index contributed by atoms with van der Waals surface area (Å²) in [5.74, 6) is -0.898. The second-order valence-corrected chi connectivity index (χ2v) is 7.77. The largest absolute Gasteiger partial charge is 0.507 e. The summed E-state index contributed by atoms with van der Waals surface area (Å²) >= 11 is 0. The van der Waals surface area contributed by atoms with Crippen molar-refractivity contribution in [3.05, 3.63) is 101 Å². The van der Waals surface area contributed by atoms with Crippen LogP contribution in [-0.4, -0.2) is 23.9 Å². The van der Waals surface area contributed by atoms with E-state index in [0.29, 0.717) is 17.0 Å². The Labute approximate surface area is 187 Å². The van der Waals surface area contributed by atoms with E-state index >= 15 is 0 Å². The van der Waals surface area contributed by atoms with Gasteiger partial charge in [0.15, 0.2) is 0 Å². The molecule has 1 aliphatic heterocycles. The summed E-state index contributed by atoms with van der Waals surface area (Å²) in [4.78, 5) is 27.9. The summed E-state index contributed by atoms with van der Waals surface area (Å²) < 4.78 is 5.23. The number of aryl methyl sites for hydroxylation is 2. The zero-order valence-corrected chi connectivity index (χ0v) is 18.3. The van der Waals surface area contributed by atoms with Gasteiger partial charge in [-0.2, -0.15) is 0 Å². The molecule has 0 spiro atoms. The standard InChI is InChI=1S/C27H25NO4/c1-4-18-9-11-19(12-10-18)25(29)23-24(22-8-6-5-7-17(22)2)28(27(31)26(23)30)20-13-15-21(32-3)16-14-20/h5-16,24,29H,4H2,1-3H3/b25-23-. The van der Waals surface area contributed by atoms with Crippen molar-refractivity contribution in [2.24, 2.45) is 0 Å². The molecule has 4 rings (SSSR count). The number of aliphatic hydroxyl groups excluding tert-OH is 1. The highest BCUT2D eigenvalue weighted by molar-refractivity contribution is 6.51. The molecule has 1 unspecified atom stereocenters. The fourth-order valence-corrected chi connectivity index (χ4v) is 4.08.